The molecule has 3 rings (SSSR count). The van der Waals surface area contributed by atoms with E-state index in [-0.39, 0.29) is 11.7 Å². The molecule has 3 aromatic rings. The molecule has 0 amide bonds. The largest absolute Gasteiger partial charge is 0.468 e. The Bertz CT molecular complexity index is 833. The maximum Gasteiger partial charge on any atom is 0.315 e. The number of carbonyl (C=O) groups is 1. The summed E-state index contributed by atoms with van der Waals surface area (Å²) in [5.41, 5.74) is 2.67. The van der Waals surface area contributed by atoms with Crippen LogP contribution in [0.1, 0.15) is 5.69 Å². The van der Waals surface area contributed by atoms with Gasteiger partial charge < -0.3 is 4.74 Å². The highest BCUT2D eigenvalue weighted by Gasteiger charge is 2.10. The van der Waals surface area contributed by atoms with Gasteiger partial charge in [0.25, 0.3) is 0 Å². The third-order valence-electron chi connectivity index (χ3n) is 3.21. The summed E-state index contributed by atoms with van der Waals surface area (Å²) in [6, 6.07) is 9.99. The van der Waals surface area contributed by atoms with E-state index in [9.17, 15) is 4.79 Å². The molecule has 0 aliphatic heterocycles. The number of carbonyl (C=O) groups excluding carboxylic acids is 1. The van der Waals surface area contributed by atoms with Gasteiger partial charge in [0.1, 0.15) is 0 Å². The Kier molecular flexibility index (Phi) is 3.75. The zero-order valence-electron chi connectivity index (χ0n) is 11.8. The van der Waals surface area contributed by atoms with Crippen molar-refractivity contribution in [1.29, 1.82) is 0 Å². The van der Waals surface area contributed by atoms with Crippen molar-refractivity contribution < 1.29 is 9.53 Å². The SMILES string of the molecule is COC(=O)CSc1cc(C)nc2c1ccc1cccnc12. The van der Waals surface area contributed by atoms with Crippen molar-refractivity contribution in [3.05, 3.63) is 42.2 Å². The van der Waals surface area contributed by atoms with Crippen molar-refractivity contribution >= 4 is 39.5 Å². The number of aromatic nitrogens is 2. The lowest BCUT2D eigenvalue weighted by atomic mass is 10.1. The summed E-state index contributed by atoms with van der Waals surface area (Å²) < 4.78 is 4.70. The van der Waals surface area contributed by atoms with E-state index in [1.165, 1.54) is 18.9 Å². The maximum absolute atomic E-state index is 11.3. The molecule has 0 atom stereocenters. The summed E-state index contributed by atoms with van der Waals surface area (Å²) in [6.45, 7) is 1.95. The molecule has 0 aliphatic rings. The second kappa shape index (κ2) is 5.69. The van der Waals surface area contributed by atoms with E-state index in [1.807, 2.05) is 37.3 Å². The molecule has 0 aliphatic carbocycles. The lowest BCUT2D eigenvalue weighted by Crippen LogP contribution is -2.03. The van der Waals surface area contributed by atoms with Crippen molar-refractivity contribution in [2.75, 3.05) is 12.9 Å². The fourth-order valence-corrected chi connectivity index (χ4v) is 3.20. The number of hydrogen-bond acceptors (Lipinski definition) is 5. The molecule has 0 bridgehead atoms. The van der Waals surface area contributed by atoms with Crippen LogP contribution in [0.25, 0.3) is 21.8 Å². The Hall–Kier alpha value is -2.14. The fraction of sp³-hybridized carbons (Fsp3) is 0.188. The van der Waals surface area contributed by atoms with Crippen LogP contribution >= 0.6 is 11.8 Å². The molecule has 0 fully saturated rings. The van der Waals surface area contributed by atoms with E-state index < -0.39 is 0 Å². The van der Waals surface area contributed by atoms with Crippen molar-refractivity contribution in [2.45, 2.75) is 11.8 Å². The van der Waals surface area contributed by atoms with Crippen molar-refractivity contribution in [1.82, 2.24) is 9.97 Å². The Balaban J connectivity index is 2.16. The van der Waals surface area contributed by atoms with Gasteiger partial charge in [-0.25, -0.2) is 0 Å². The highest BCUT2D eigenvalue weighted by Crippen LogP contribution is 2.31. The second-order valence-corrected chi connectivity index (χ2v) is 5.68. The summed E-state index contributed by atoms with van der Waals surface area (Å²) in [5, 5.41) is 2.08. The summed E-state index contributed by atoms with van der Waals surface area (Å²) in [7, 11) is 1.40. The van der Waals surface area contributed by atoms with Crippen LogP contribution < -0.4 is 0 Å². The molecule has 1 aromatic carbocycles. The molecule has 0 spiro atoms. The van der Waals surface area contributed by atoms with Gasteiger partial charge in [0.05, 0.1) is 23.9 Å². The third kappa shape index (κ3) is 2.69. The Morgan fingerprint density at radius 1 is 1.29 bits per heavy atom. The monoisotopic (exact) mass is 298 g/mol. The molecular weight excluding hydrogens is 284 g/mol. The van der Waals surface area contributed by atoms with Gasteiger partial charge in [-0.05, 0) is 19.1 Å². The Labute approximate surface area is 126 Å². The number of methoxy groups -OCH3 is 1. The number of esters is 1. The van der Waals surface area contributed by atoms with E-state index in [1.54, 1.807) is 6.20 Å². The lowest BCUT2D eigenvalue weighted by Gasteiger charge is -2.09. The summed E-state index contributed by atoms with van der Waals surface area (Å²) in [4.78, 5) is 21.4. The van der Waals surface area contributed by atoms with Crippen LogP contribution in [-0.2, 0) is 9.53 Å². The van der Waals surface area contributed by atoms with Gasteiger partial charge in [-0.3, -0.25) is 14.8 Å². The van der Waals surface area contributed by atoms with Crippen LogP contribution in [0.3, 0.4) is 0 Å². The van der Waals surface area contributed by atoms with E-state index in [0.717, 1.165) is 32.4 Å². The summed E-state index contributed by atoms with van der Waals surface area (Å²) in [6.07, 6.45) is 1.77. The minimum absolute atomic E-state index is 0.235. The van der Waals surface area contributed by atoms with Crippen LogP contribution in [0.2, 0.25) is 0 Å². The molecule has 0 radical (unpaired) electrons. The average molecular weight is 298 g/mol. The minimum Gasteiger partial charge on any atom is -0.468 e. The quantitative estimate of drug-likeness (QED) is 0.421. The molecule has 0 N–H and O–H groups in total. The summed E-state index contributed by atoms with van der Waals surface area (Å²) >= 11 is 1.46. The highest BCUT2D eigenvalue weighted by molar-refractivity contribution is 8.00. The normalized spacial score (nSPS) is 11.0. The van der Waals surface area contributed by atoms with Crippen molar-refractivity contribution in [3.8, 4) is 0 Å². The number of aryl methyl sites for hydroxylation is 1. The number of benzene rings is 1. The van der Waals surface area contributed by atoms with Crippen LogP contribution in [0.4, 0.5) is 0 Å². The average Bonchev–Trinajstić information content (AvgIpc) is 2.52. The van der Waals surface area contributed by atoms with Crippen molar-refractivity contribution in [2.24, 2.45) is 0 Å². The van der Waals surface area contributed by atoms with Gasteiger partial charge >= 0.3 is 5.97 Å². The Morgan fingerprint density at radius 3 is 2.95 bits per heavy atom. The van der Waals surface area contributed by atoms with E-state index in [0.29, 0.717) is 0 Å². The smallest absolute Gasteiger partial charge is 0.315 e. The van der Waals surface area contributed by atoms with Gasteiger partial charge in [0, 0.05) is 27.6 Å². The molecule has 2 aromatic heterocycles. The van der Waals surface area contributed by atoms with Crippen molar-refractivity contribution in [3.63, 3.8) is 0 Å². The number of fused-ring (bicyclic) bond motifs is 3. The standard InChI is InChI=1S/C16H14N2O2S/c1-10-8-13(21-9-14(19)20-2)12-6-5-11-4-3-7-17-15(11)16(12)18-10/h3-8H,9H2,1-2H3. The molecule has 21 heavy (non-hydrogen) atoms. The zero-order chi connectivity index (χ0) is 14.8. The third-order valence-corrected chi connectivity index (χ3v) is 4.24. The highest BCUT2D eigenvalue weighted by atomic mass is 32.2. The molecule has 4 nitrogen and oxygen atoms in total. The molecule has 5 heteroatoms. The lowest BCUT2D eigenvalue weighted by molar-refractivity contribution is -0.137. The fourth-order valence-electron chi connectivity index (χ4n) is 2.23. The number of thioether (sulfide) groups is 1. The van der Waals surface area contributed by atoms with Gasteiger partial charge in [-0.15, -0.1) is 11.8 Å². The number of ether oxygens (including phenoxy) is 1. The predicted molar refractivity (Wildman–Crippen MR) is 84.5 cm³/mol. The second-order valence-electron chi connectivity index (χ2n) is 4.66. The number of hydrogen-bond donors (Lipinski definition) is 0. The topological polar surface area (TPSA) is 52.1 Å². The van der Waals surface area contributed by atoms with Crippen LogP contribution in [0.5, 0.6) is 0 Å². The summed E-state index contributed by atoms with van der Waals surface area (Å²) in [5.74, 6) is 0.0523. The molecule has 2 heterocycles. The van der Waals surface area contributed by atoms with Crippen LogP contribution in [0.15, 0.2) is 41.4 Å². The minimum atomic E-state index is -0.235. The van der Waals surface area contributed by atoms with Crippen LogP contribution in [0, 0.1) is 6.92 Å². The molecule has 0 saturated carbocycles. The van der Waals surface area contributed by atoms with Gasteiger partial charge in [0.2, 0.25) is 0 Å². The maximum atomic E-state index is 11.3. The molecule has 106 valence electrons. The van der Waals surface area contributed by atoms with E-state index in [4.69, 9.17) is 4.74 Å². The number of rotatable bonds is 3. The van der Waals surface area contributed by atoms with E-state index in [2.05, 4.69) is 9.97 Å². The zero-order valence-corrected chi connectivity index (χ0v) is 12.6. The van der Waals surface area contributed by atoms with E-state index >= 15 is 0 Å². The van der Waals surface area contributed by atoms with Gasteiger partial charge in [0.15, 0.2) is 0 Å². The van der Waals surface area contributed by atoms with Crippen LogP contribution in [-0.4, -0.2) is 28.8 Å². The first-order chi connectivity index (χ1) is 10.2. The number of pyridine rings is 2. The molecule has 0 unspecified atom stereocenters. The first-order valence-electron chi connectivity index (χ1n) is 6.54. The number of nitrogens with zero attached hydrogens (tertiary/aromatic N) is 2. The molecular formula is C16H14N2O2S. The molecule has 0 saturated heterocycles. The van der Waals surface area contributed by atoms with Gasteiger partial charge in [-0.1, -0.05) is 18.2 Å². The first kappa shape index (κ1) is 13.8. The Morgan fingerprint density at radius 2 is 2.14 bits per heavy atom. The first-order valence-corrected chi connectivity index (χ1v) is 7.52. The predicted octanol–water partition coefficient (Wildman–Crippen LogP) is 3.36. The van der Waals surface area contributed by atoms with Gasteiger partial charge in [-0.2, -0.15) is 0 Å².